The normalized spacial score (nSPS) is 14.7. The first-order valence-corrected chi connectivity index (χ1v) is 13.9. The number of benzene rings is 2. The van der Waals surface area contributed by atoms with Crippen molar-refractivity contribution in [2.75, 3.05) is 12.3 Å². The van der Waals surface area contributed by atoms with Gasteiger partial charge in [-0.1, -0.05) is 77.7 Å². The molecule has 7 nitrogen and oxygen atoms in total. The third-order valence-corrected chi connectivity index (χ3v) is 8.69. The number of nitrogens with one attached hydrogen (secondary N) is 2. The maximum atomic E-state index is 12.7. The van der Waals surface area contributed by atoms with Crippen molar-refractivity contribution in [2.24, 2.45) is 0 Å². The molecule has 0 radical (unpaired) electrons. The molecular formula is C23H19ClN4O3S4. The summed E-state index contributed by atoms with van der Waals surface area (Å²) in [6.45, 7) is 0.305. The summed E-state index contributed by atoms with van der Waals surface area (Å²) in [5.41, 5.74) is 6.45. The summed E-state index contributed by atoms with van der Waals surface area (Å²) in [6, 6.07) is 15.0. The van der Waals surface area contributed by atoms with E-state index < -0.39 is 0 Å². The highest BCUT2D eigenvalue weighted by atomic mass is 35.5. The van der Waals surface area contributed by atoms with Crippen molar-refractivity contribution in [1.29, 1.82) is 0 Å². The Morgan fingerprint density at radius 3 is 2.66 bits per heavy atom. The number of carbonyl (C=O) groups excluding carboxylic acids is 3. The Bertz CT molecular complexity index is 1290. The molecule has 35 heavy (non-hydrogen) atoms. The van der Waals surface area contributed by atoms with Crippen molar-refractivity contribution in [2.45, 2.75) is 17.2 Å². The van der Waals surface area contributed by atoms with Crippen LogP contribution < -0.4 is 10.9 Å². The number of hydrazine groups is 1. The lowest BCUT2D eigenvalue weighted by Crippen LogP contribution is -2.42. The van der Waals surface area contributed by atoms with Crippen molar-refractivity contribution in [3.05, 3.63) is 64.0 Å². The van der Waals surface area contributed by atoms with Gasteiger partial charge < -0.3 is 0 Å². The minimum absolute atomic E-state index is 0.131. The zero-order valence-corrected chi connectivity index (χ0v) is 22.2. The molecule has 12 heteroatoms. The van der Waals surface area contributed by atoms with Crippen LogP contribution in [0.2, 0.25) is 5.02 Å². The van der Waals surface area contributed by atoms with Crippen molar-refractivity contribution in [1.82, 2.24) is 20.7 Å². The van der Waals surface area contributed by atoms with E-state index in [1.165, 1.54) is 39.8 Å². The van der Waals surface area contributed by atoms with Crippen molar-refractivity contribution < 1.29 is 14.4 Å². The Hall–Kier alpha value is -2.44. The highest BCUT2D eigenvalue weighted by Gasteiger charge is 2.31. The van der Waals surface area contributed by atoms with Gasteiger partial charge in [-0.05, 0) is 36.3 Å². The van der Waals surface area contributed by atoms with Gasteiger partial charge in [-0.3, -0.25) is 30.1 Å². The number of fused-ring (bicyclic) bond motifs is 1. The number of thioether (sulfide) groups is 2. The van der Waals surface area contributed by atoms with Crippen LogP contribution in [0.15, 0.2) is 57.8 Å². The molecular weight excluding hydrogens is 544 g/mol. The maximum absolute atomic E-state index is 12.7. The molecule has 1 aliphatic heterocycles. The molecule has 4 rings (SSSR count). The fourth-order valence-electron chi connectivity index (χ4n) is 3.10. The monoisotopic (exact) mass is 562 g/mol. The molecule has 3 amide bonds. The smallest absolute Gasteiger partial charge is 0.266 e. The lowest BCUT2D eigenvalue weighted by molar-refractivity contribution is -0.128. The number of aromatic nitrogens is 1. The van der Waals surface area contributed by atoms with E-state index in [4.69, 9.17) is 23.8 Å². The van der Waals surface area contributed by atoms with Crippen LogP contribution >= 0.6 is 58.7 Å². The molecule has 0 bridgehead atoms. The van der Waals surface area contributed by atoms with Crippen LogP contribution in [-0.2, 0) is 14.4 Å². The number of hydrogen-bond donors (Lipinski definition) is 2. The predicted octanol–water partition coefficient (Wildman–Crippen LogP) is 4.87. The van der Waals surface area contributed by atoms with Crippen molar-refractivity contribution >= 4 is 97.0 Å². The number of hydrogen-bond acceptors (Lipinski definition) is 8. The Balaban J connectivity index is 1.17. The third kappa shape index (κ3) is 6.83. The highest BCUT2D eigenvalue weighted by Crippen LogP contribution is 2.34. The molecule has 0 atom stereocenters. The Kier molecular flexibility index (Phi) is 8.79. The molecule has 1 aromatic heterocycles. The minimum Gasteiger partial charge on any atom is -0.293 e. The van der Waals surface area contributed by atoms with Gasteiger partial charge in [0.15, 0.2) is 4.34 Å². The number of carbonyl (C=O) groups is 3. The highest BCUT2D eigenvalue weighted by molar-refractivity contribution is 8.26. The summed E-state index contributed by atoms with van der Waals surface area (Å²) in [5, 5.41) is 0.551. The third-order valence-electron chi connectivity index (χ3n) is 4.79. The fourth-order valence-corrected chi connectivity index (χ4v) is 6.46. The van der Waals surface area contributed by atoms with Crippen LogP contribution in [0.3, 0.4) is 0 Å². The molecule has 2 N–H and O–H groups in total. The summed E-state index contributed by atoms with van der Waals surface area (Å²) >= 11 is 15.5. The van der Waals surface area contributed by atoms with Crippen LogP contribution in [0.1, 0.15) is 18.4 Å². The minimum atomic E-state index is -0.347. The SMILES string of the molecule is O=C(CCCN1C(=O)/C(=C/c2ccccc2Cl)SC1=S)NNC(=O)CSc1nc2ccccc2s1. The van der Waals surface area contributed by atoms with Gasteiger partial charge in [-0.15, -0.1) is 11.3 Å². The average molecular weight is 563 g/mol. The average Bonchev–Trinajstić information content (AvgIpc) is 3.38. The number of thiocarbonyl (C=S) groups is 1. The van der Waals surface area contributed by atoms with Gasteiger partial charge in [0.2, 0.25) is 11.8 Å². The van der Waals surface area contributed by atoms with Gasteiger partial charge >= 0.3 is 0 Å². The first kappa shape index (κ1) is 25.6. The van der Waals surface area contributed by atoms with Crippen LogP contribution in [-0.4, -0.2) is 44.2 Å². The Morgan fingerprint density at radius 2 is 1.86 bits per heavy atom. The predicted molar refractivity (Wildman–Crippen MR) is 147 cm³/mol. The van der Waals surface area contributed by atoms with Crippen molar-refractivity contribution in [3.63, 3.8) is 0 Å². The molecule has 1 fully saturated rings. The summed E-state index contributed by atoms with van der Waals surface area (Å²) in [7, 11) is 0. The maximum Gasteiger partial charge on any atom is 0.266 e. The molecule has 2 heterocycles. The molecule has 0 saturated carbocycles. The van der Waals surface area contributed by atoms with Crippen LogP contribution in [0.25, 0.3) is 16.3 Å². The molecule has 0 spiro atoms. The van der Waals surface area contributed by atoms with E-state index in [9.17, 15) is 14.4 Å². The van der Waals surface area contributed by atoms with E-state index in [0.717, 1.165) is 20.1 Å². The van der Waals surface area contributed by atoms with Gasteiger partial charge in [-0.2, -0.15) is 0 Å². The van der Waals surface area contributed by atoms with E-state index in [1.807, 2.05) is 42.5 Å². The van der Waals surface area contributed by atoms with Crippen LogP contribution in [0, 0.1) is 0 Å². The molecule has 2 aromatic carbocycles. The number of para-hydroxylation sites is 1. The van der Waals surface area contributed by atoms with E-state index >= 15 is 0 Å². The van der Waals surface area contributed by atoms with E-state index in [0.29, 0.717) is 27.2 Å². The molecule has 1 aliphatic rings. The Morgan fingerprint density at radius 1 is 1.11 bits per heavy atom. The number of nitrogens with zero attached hydrogens (tertiary/aromatic N) is 2. The summed E-state index contributed by atoms with van der Waals surface area (Å²) in [4.78, 5) is 43.3. The number of thiazole rings is 1. The van der Waals surface area contributed by atoms with Crippen molar-refractivity contribution in [3.8, 4) is 0 Å². The molecule has 3 aromatic rings. The van der Waals surface area contributed by atoms with Crippen LogP contribution in [0.5, 0.6) is 0 Å². The molecule has 180 valence electrons. The fraction of sp³-hybridized carbons (Fsp3) is 0.174. The second kappa shape index (κ2) is 12.0. The lowest BCUT2D eigenvalue weighted by Gasteiger charge is -2.14. The first-order chi connectivity index (χ1) is 16.9. The van der Waals surface area contributed by atoms with Gasteiger partial charge in [0.05, 0.1) is 20.9 Å². The zero-order chi connectivity index (χ0) is 24.8. The molecule has 0 aliphatic carbocycles. The standard InChI is InChI=1S/C23H19ClN4O3S4/c24-15-7-2-1-6-14(15)12-18-21(31)28(23(32)35-18)11-5-10-19(29)26-27-20(30)13-33-22-25-16-8-3-4-9-17(16)34-22/h1-4,6-9,12H,5,10-11,13H2,(H,26,29)(H,27,30)/b18-12-. The molecule has 1 saturated heterocycles. The Labute approximate surface area is 224 Å². The second-order valence-electron chi connectivity index (χ2n) is 7.29. The molecule has 0 unspecified atom stereocenters. The van der Waals surface area contributed by atoms with E-state index in [-0.39, 0.29) is 29.9 Å². The lowest BCUT2D eigenvalue weighted by atomic mass is 10.2. The number of amides is 3. The van der Waals surface area contributed by atoms with Gasteiger partial charge in [0.25, 0.3) is 5.91 Å². The van der Waals surface area contributed by atoms with Gasteiger partial charge in [-0.25, -0.2) is 4.98 Å². The van der Waals surface area contributed by atoms with Crippen LogP contribution in [0.4, 0.5) is 0 Å². The summed E-state index contributed by atoms with van der Waals surface area (Å²) in [6.07, 6.45) is 2.25. The summed E-state index contributed by atoms with van der Waals surface area (Å²) < 4.78 is 2.29. The number of halogens is 1. The zero-order valence-electron chi connectivity index (χ0n) is 18.2. The van der Waals surface area contributed by atoms with E-state index in [2.05, 4.69) is 15.8 Å². The van der Waals surface area contributed by atoms with Gasteiger partial charge in [0.1, 0.15) is 4.32 Å². The largest absolute Gasteiger partial charge is 0.293 e. The van der Waals surface area contributed by atoms with E-state index in [1.54, 1.807) is 12.1 Å². The topological polar surface area (TPSA) is 91.4 Å². The quantitative estimate of drug-likeness (QED) is 0.175. The summed E-state index contributed by atoms with van der Waals surface area (Å²) in [5.74, 6) is -0.751. The first-order valence-electron chi connectivity index (χ1n) is 10.5. The second-order valence-corrected chi connectivity index (χ2v) is 11.6. The van der Waals surface area contributed by atoms with Gasteiger partial charge in [0, 0.05) is 18.0 Å². The number of rotatable bonds is 8.